The van der Waals surface area contributed by atoms with Gasteiger partial charge in [0.15, 0.2) is 0 Å². The van der Waals surface area contributed by atoms with Crippen LogP contribution in [0, 0.1) is 0 Å². The molecule has 0 bridgehead atoms. The Labute approximate surface area is 122 Å². The van der Waals surface area contributed by atoms with E-state index in [0.717, 1.165) is 0 Å². The summed E-state index contributed by atoms with van der Waals surface area (Å²) in [5.41, 5.74) is 0. The average Bonchev–Trinajstić information content (AvgIpc) is 2.35. The Morgan fingerprint density at radius 1 is 0.591 bits per heavy atom. The Balaban J connectivity index is -0.000000266. The minimum Gasteiger partial charge on any atom is -0.244 e. The van der Waals surface area contributed by atoms with Crippen molar-refractivity contribution in [3.05, 3.63) is 0 Å². The quantitative estimate of drug-likeness (QED) is 0.522. The maximum absolute atomic E-state index is 11.5. The van der Waals surface area contributed by atoms with Crippen molar-refractivity contribution in [1.82, 2.24) is 0 Å². The van der Waals surface area contributed by atoms with Crippen LogP contribution in [0.4, 0.5) is 43.9 Å². The maximum atomic E-state index is 11.5. The van der Waals surface area contributed by atoms with Crippen LogP contribution >= 0.6 is 0 Å². The lowest BCUT2D eigenvalue weighted by molar-refractivity contribution is -0.194. The molecule has 0 aliphatic carbocycles. The topological polar surface area (TPSA) is 0 Å². The molecule has 0 rings (SSSR count). The van der Waals surface area contributed by atoms with Crippen molar-refractivity contribution in [3.8, 4) is 0 Å². The molecule has 0 nitrogen and oxygen atoms in total. The molecule has 0 heterocycles. The van der Waals surface area contributed by atoms with Crippen LogP contribution in [0.15, 0.2) is 0 Å². The first kappa shape index (κ1) is 26.2. The third-order valence-corrected chi connectivity index (χ3v) is 1.93. The zero-order chi connectivity index (χ0) is 18.7. The van der Waals surface area contributed by atoms with Gasteiger partial charge in [-0.05, 0) is 13.8 Å². The van der Waals surface area contributed by atoms with Gasteiger partial charge < -0.3 is 0 Å². The normalized spacial score (nSPS) is 17.2. The van der Waals surface area contributed by atoms with Crippen molar-refractivity contribution in [2.24, 2.45) is 0 Å². The van der Waals surface area contributed by atoms with Gasteiger partial charge in [-0.25, -0.2) is 17.6 Å². The third kappa shape index (κ3) is 15.7. The fourth-order valence-corrected chi connectivity index (χ4v) is 0.521. The van der Waals surface area contributed by atoms with Crippen LogP contribution in [0.1, 0.15) is 40.5 Å². The van der Waals surface area contributed by atoms with E-state index in [1.54, 1.807) is 0 Å². The van der Waals surface area contributed by atoms with Gasteiger partial charge in [0.25, 0.3) is 0 Å². The molecule has 22 heavy (non-hydrogen) atoms. The van der Waals surface area contributed by atoms with Crippen molar-refractivity contribution in [2.75, 3.05) is 0 Å². The molecule has 0 fully saturated rings. The monoisotopic (exact) mass is 354 g/mol. The van der Waals surface area contributed by atoms with E-state index in [2.05, 4.69) is 13.8 Å². The molecule has 4 unspecified atom stereocenters. The summed E-state index contributed by atoms with van der Waals surface area (Å²) in [4.78, 5) is 0. The first-order valence-corrected chi connectivity index (χ1v) is 6.32. The summed E-state index contributed by atoms with van der Waals surface area (Å²) in [7, 11) is 0. The molecule has 0 aromatic carbocycles. The van der Waals surface area contributed by atoms with Crippen LogP contribution in [0.3, 0.4) is 0 Å². The van der Waals surface area contributed by atoms with Crippen molar-refractivity contribution in [1.29, 1.82) is 0 Å². The first-order valence-electron chi connectivity index (χ1n) is 6.32. The zero-order valence-corrected chi connectivity index (χ0v) is 12.5. The third-order valence-electron chi connectivity index (χ3n) is 1.93. The Kier molecular flexibility index (Phi) is 14.1. The van der Waals surface area contributed by atoms with Gasteiger partial charge in [-0.2, -0.15) is 26.3 Å². The largest absolute Gasteiger partial charge is 0.422 e. The van der Waals surface area contributed by atoms with Crippen LogP contribution in [0.2, 0.25) is 0 Å². The summed E-state index contributed by atoms with van der Waals surface area (Å²) in [6.07, 6.45) is -19.1. The lowest BCUT2D eigenvalue weighted by Gasteiger charge is -2.11. The van der Waals surface area contributed by atoms with Gasteiger partial charge in [-0.1, -0.05) is 26.7 Å². The number of halogens is 10. The molecule has 0 N–H and O–H groups in total. The number of hydrogen-bond donors (Lipinski definition) is 0. The Bertz CT molecular complexity index is 217. The number of unbranched alkanes of at least 4 members (excludes halogenated alkanes) is 1. The molecule has 0 aliphatic rings. The second-order valence-corrected chi connectivity index (χ2v) is 4.24. The summed E-state index contributed by atoms with van der Waals surface area (Å²) < 4.78 is 113. The molecule has 0 amide bonds. The van der Waals surface area contributed by atoms with E-state index in [1.165, 1.54) is 12.8 Å². The van der Waals surface area contributed by atoms with Gasteiger partial charge in [-0.3, -0.25) is 0 Å². The molecule has 138 valence electrons. The van der Waals surface area contributed by atoms with E-state index in [4.69, 9.17) is 0 Å². The Hall–Kier alpha value is -0.700. The van der Waals surface area contributed by atoms with Crippen molar-refractivity contribution in [3.63, 3.8) is 0 Å². The maximum Gasteiger partial charge on any atom is 0.422 e. The van der Waals surface area contributed by atoms with Crippen molar-refractivity contribution < 1.29 is 43.9 Å². The number of rotatable bonds is 3. The minimum atomic E-state index is -5.06. The molecule has 0 saturated carbocycles. The molecule has 4 atom stereocenters. The van der Waals surface area contributed by atoms with E-state index in [9.17, 15) is 43.9 Å². The zero-order valence-electron chi connectivity index (χ0n) is 12.5. The van der Waals surface area contributed by atoms with Crippen LogP contribution in [0.25, 0.3) is 0 Å². The Morgan fingerprint density at radius 2 is 0.773 bits per heavy atom. The minimum absolute atomic E-state index is 0.526. The number of alkyl halides is 10. The molecule has 0 aromatic heterocycles. The van der Waals surface area contributed by atoms with Crippen LogP contribution in [-0.4, -0.2) is 37.0 Å². The smallest absolute Gasteiger partial charge is 0.244 e. The first-order chi connectivity index (χ1) is 9.62. The lowest BCUT2D eigenvalue weighted by atomic mass is 10.3. The fourth-order valence-electron chi connectivity index (χ4n) is 0.521. The van der Waals surface area contributed by atoms with E-state index < -0.39 is 37.0 Å². The van der Waals surface area contributed by atoms with Gasteiger partial charge in [0.1, 0.15) is 12.3 Å². The van der Waals surface area contributed by atoms with Crippen LogP contribution in [-0.2, 0) is 0 Å². The summed E-state index contributed by atoms with van der Waals surface area (Å²) in [5.74, 6) is 0. The molecule has 0 aromatic rings. The lowest BCUT2D eigenvalue weighted by Crippen LogP contribution is -2.31. The van der Waals surface area contributed by atoms with Crippen LogP contribution < -0.4 is 0 Å². The van der Waals surface area contributed by atoms with E-state index in [-0.39, 0.29) is 0 Å². The second-order valence-electron chi connectivity index (χ2n) is 4.24. The van der Waals surface area contributed by atoms with E-state index in [0.29, 0.717) is 13.8 Å². The van der Waals surface area contributed by atoms with E-state index >= 15 is 0 Å². The van der Waals surface area contributed by atoms with Crippen molar-refractivity contribution in [2.45, 2.75) is 77.6 Å². The van der Waals surface area contributed by atoms with E-state index in [1.807, 2.05) is 0 Å². The van der Waals surface area contributed by atoms with Gasteiger partial charge in [0, 0.05) is 0 Å². The van der Waals surface area contributed by atoms with Gasteiger partial charge in [0.2, 0.25) is 12.3 Å². The summed E-state index contributed by atoms with van der Waals surface area (Å²) in [5, 5.41) is 0. The molecule has 0 saturated heterocycles. The summed E-state index contributed by atoms with van der Waals surface area (Å²) >= 11 is 0. The highest BCUT2D eigenvalue weighted by atomic mass is 19.4. The number of hydrogen-bond acceptors (Lipinski definition) is 0. The fraction of sp³-hybridized carbons (Fsp3) is 1.00. The molecule has 10 heteroatoms. The Morgan fingerprint density at radius 3 is 0.773 bits per heavy atom. The SMILES string of the molecule is CC(F)C(F)C(F)(F)F.CC(F)C(F)C(F)(F)F.CCCC. The highest BCUT2D eigenvalue weighted by Gasteiger charge is 2.44. The standard InChI is InChI=1S/2C4H5F5.C4H10/c2*1-2(5)3(6)4(7,8)9;1-3-4-2/h2*2-3H,1H3;3-4H2,1-2H3. The summed E-state index contributed by atoms with van der Waals surface area (Å²) in [6, 6.07) is 0. The van der Waals surface area contributed by atoms with Crippen LogP contribution in [0.5, 0.6) is 0 Å². The van der Waals surface area contributed by atoms with Crippen molar-refractivity contribution >= 4 is 0 Å². The molecule has 0 aliphatic heterocycles. The molecule has 0 radical (unpaired) electrons. The second kappa shape index (κ2) is 11.8. The molecular weight excluding hydrogens is 334 g/mol. The molecule has 0 spiro atoms. The summed E-state index contributed by atoms with van der Waals surface area (Å²) in [6.45, 7) is 5.41. The van der Waals surface area contributed by atoms with Gasteiger partial charge in [0.05, 0.1) is 0 Å². The highest BCUT2D eigenvalue weighted by molar-refractivity contribution is 4.71. The molecular formula is C12H20F10. The predicted molar refractivity (Wildman–Crippen MR) is 63.6 cm³/mol. The highest BCUT2D eigenvalue weighted by Crippen LogP contribution is 2.27. The predicted octanol–water partition coefficient (Wildman–Crippen LogP) is 6.30. The average molecular weight is 354 g/mol. The van der Waals surface area contributed by atoms with Gasteiger partial charge >= 0.3 is 12.4 Å². The van der Waals surface area contributed by atoms with Gasteiger partial charge in [-0.15, -0.1) is 0 Å².